The number of nitrogen functional groups attached to an aromatic ring is 1. The molecule has 0 spiro atoms. The largest absolute Gasteiger partial charge is 0.397 e. The Balaban J connectivity index is 2.16. The molecule has 0 aromatic heterocycles. The molecule has 0 radical (unpaired) electrons. The first-order valence-corrected chi connectivity index (χ1v) is 6.21. The summed E-state index contributed by atoms with van der Waals surface area (Å²) in [5, 5.41) is 0.132. The van der Waals surface area contributed by atoms with E-state index in [1.54, 1.807) is 6.07 Å². The quantitative estimate of drug-likeness (QED) is 0.825. The van der Waals surface area contributed by atoms with Crippen molar-refractivity contribution >= 4 is 23.0 Å². The lowest BCUT2D eigenvalue weighted by Crippen LogP contribution is -2.46. The van der Waals surface area contributed by atoms with Crippen LogP contribution in [0.5, 0.6) is 0 Å². The van der Waals surface area contributed by atoms with Gasteiger partial charge in [0, 0.05) is 32.2 Å². The number of rotatable bonds is 2. The molecular formula is C12H17ClFN3. The molecule has 1 fully saturated rings. The maximum absolute atomic E-state index is 13.2. The number of likely N-dealkylation sites (N-methyl/N-ethyl adjacent to an activating group) is 1. The maximum Gasteiger partial charge on any atom is 0.143 e. The van der Waals surface area contributed by atoms with E-state index in [1.165, 1.54) is 6.07 Å². The molecule has 0 atom stereocenters. The standard InChI is InChI=1S/C12H17ClFN3/c1-2-16-3-5-17(6-4-16)12-7-9(13)10(14)8-11(12)15/h7-8H,2-6,15H2,1H3. The highest BCUT2D eigenvalue weighted by Crippen LogP contribution is 2.30. The Morgan fingerprint density at radius 3 is 2.53 bits per heavy atom. The third-order valence-electron chi connectivity index (χ3n) is 3.23. The summed E-state index contributed by atoms with van der Waals surface area (Å²) in [6.07, 6.45) is 0. The van der Waals surface area contributed by atoms with Crippen molar-refractivity contribution in [2.75, 3.05) is 43.4 Å². The van der Waals surface area contributed by atoms with Crippen LogP contribution in [0.2, 0.25) is 5.02 Å². The van der Waals surface area contributed by atoms with E-state index >= 15 is 0 Å². The van der Waals surface area contributed by atoms with E-state index in [0.29, 0.717) is 5.69 Å². The molecule has 0 bridgehead atoms. The van der Waals surface area contributed by atoms with Crippen molar-refractivity contribution in [3.05, 3.63) is 23.0 Å². The predicted octanol–water partition coefficient (Wildman–Crippen LogP) is 2.20. The molecule has 2 N–H and O–H groups in total. The first kappa shape index (κ1) is 12.5. The van der Waals surface area contributed by atoms with E-state index in [0.717, 1.165) is 38.4 Å². The van der Waals surface area contributed by atoms with Crippen LogP contribution in [0.4, 0.5) is 15.8 Å². The smallest absolute Gasteiger partial charge is 0.143 e. The van der Waals surface area contributed by atoms with E-state index in [-0.39, 0.29) is 5.02 Å². The molecule has 0 saturated carbocycles. The van der Waals surface area contributed by atoms with E-state index < -0.39 is 5.82 Å². The van der Waals surface area contributed by atoms with Crippen molar-refractivity contribution in [2.24, 2.45) is 0 Å². The highest BCUT2D eigenvalue weighted by molar-refractivity contribution is 6.31. The zero-order valence-electron chi connectivity index (χ0n) is 9.92. The van der Waals surface area contributed by atoms with Gasteiger partial charge >= 0.3 is 0 Å². The first-order chi connectivity index (χ1) is 8.11. The third-order valence-corrected chi connectivity index (χ3v) is 3.52. The Labute approximate surface area is 106 Å². The van der Waals surface area contributed by atoms with Gasteiger partial charge in [0.05, 0.1) is 16.4 Å². The van der Waals surface area contributed by atoms with Crippen molar-refractivity contribution in [1.29, 1.82) is 0 Å². The second-order valence-corrected chi connectivity index (χ2v) is 4.65. The summed E-state index contributed by atoms with van der Waals surface area (Å²) < 4.78 is 13.2. The lowest BCUT2D eigenvalue weighted by Gasteiger charge is -2.36. The molecule has 1 aliphatic rings. The molecule has 5 heteroatoms. The van der Waals surface area contributed by atoms with Gasteiger partial charge in [0.25, 0.3) is 0 Å². The molecule has 0 unspecified atom stereocenters. The van der Waals surface area contributed by atoms with Crippen LogP contribution >= 0.6 is 11.6 Å². The van der Waals surface area contributed by atoms with Crippen LogP contribution in [0.25, 0.3) is 0 Å². The van der Waals surface area contributed by atoms with Gasteiger partial charge in [0.2, 0.25) is 0 Å². The monoisotopic (exact) mass is 257 g/mol. The second-order valence-electron chi connectivity index (χ2n) is 4.25. The van der Waals surface area contributed by atoms with E-state index in [1.807, 2.05) is 0 Å². The van der Waals surface area contributed by atoms with Crippen LogP contribution in [-0.2, 0) is 0 Å². The number of nitrogens with two attached hydrogens (primary N) is 1. The number of piperazine rings is 1. The molecule has 1 aromatic carbocycles. The van der Waals surface area contributed by atoms with Gasteiger partial charge in [-0.25, -0.2) is 4.39 Å². The third kappa shape index (κ3) is 2.64. The van der Waals surface area contributed by atoms with Crippen LogP contribution in [0.1, 0.15) is 6.92 Å². The average molecular weight is 258 g/mol. The first-order valence-electron chi connectivity index (χ1n) is 5.83. The molecule has 94 valence electrons. The van der Waals surface area contributed by atoms with Crippen molar-refractivity contribution in [3.63, 3.8) is 0 Å². The van der Waals surface area contributed by atoms with Gasteiger partial charge in [-0.2, -0.15) is 0 Å². The zero-order chi connectivity index (χ0) is 12.4. The lowest BCUT2D eigenvalue weighted by molar-refractivity contribution is 0.271. The Hall–Kier alpha value is -1.00. The molecule has 17 heavy (non-hydrogen) atoms. The van der Waals surface area contributed by atoms with Crippen LogP contribution in [0, 0.1) is 5.82 Å². The zero-order valence-corrected chi connectivity index (χ0v) is 10.7. The average Bonchev–Trinajstić information content (AvgIpc) is 2.34. The van der Waals surface area contributed by atoms with Crippen molar-refractivity contribution in [2.45, 2.75) is 6.92 Å². The summed E-state index contributed by atoms with van der Waals surface area (Å²) in [5.74, 6) is -0.458. The molecule has 1 saturated heterocycles. The lowest BCUT2D eigenvalue weighted by atomic mass is 10.2. The summed E-state index contributed by atoms with van der Waals surface area (Å²) in [5.41, 5.74) is 7.13. The SMILES string of the molecule is CCN1CCN(c2cc(Cl)c(F)cc2N)CC1. The van der Waals surface area contributed by atoms with Gasteiger partial charge in [0.15, 0.2) is 0 Å². The number of hydrogen-bond donors (Lipinski definition) is 1. The summed E-state index contributed by atoms with van der Waals surface area (Å²) in [6, 6.07) is 2.91. The van der Waals surface area contributed by atoms with Crippen molar-refractivity contribution < 1.29 is 4.39 Å². The highest BCUT2D eigenvalue weighted by atomic mass is 35.5. The van der Waals surface area contributed by atoms with E-state index in [4.69, 9.17) is 17.3 Å². The minimum atomic E-state index is -0.458. The number of anilines is 2. The van der Waals surface area contributed by atoms with Crippen molar-refractivity contribution in [3.8, 4) is 0 Å². The number of halogens is 2. The number of benzene rings is 1. The molecule has 1 heterocycles. The maximum atomic E-state index is 13.2. The summed E-state index contributed by atoms with van der Waals surface area (Å²) in [6.45, 7) is 7.03. The minimum absolute atomic E-state index is 0.132. The second kappa shape index (κ2) is 5.10. The normalized spacial score (nSPS) is 17.5. The molecular weight excluding hydrogens is 241 g/mol. The van der Waals surface area contributed by atoms with E-state index in [9.17, 15) is 4.39 Å². The number of nitrogens with zero attached hydrogens (tertiary/aromatic N) is 2. The fourth-order valence-electron chi connectivity index (χ4n) is 2.13. The van der Waals surface area contributed by atoms with Gasteiger partial charge in [0.1, 0.15) is 5.82 Å². The Kier molecular flexibility index (Phi) is 3.74. The summed E-state index contributed by atoms with van der Waals surface area (Å²) >= 11 is 5.79. The fourth-order valence-corrected chi connectivity index (χ4v) is 2.29. The topological polar surface area (TPSA) is 32.5 Å². The van der Waals surface area contributed by atoms with Crippen LogP contribution in [0.15, 0.2) is 12.1 Å². The molecule has 0 aliphatic carbocycles. The van der Waals surface area contributed by atoms with Gasteiger partial charge in [-0.05, 0) is 12.6 Å². The van der Waals surface area contributed by atoms with Crippen LogP contribution in [0.3, 0.4) is 0 Å². The molecule has 2 rings (SSSR count). The fraction of sp³-hybridized carbons (Fsp3) is 0.500. The molecule has 0 amide bonds. The Morgan fingerprint density at radius 2 is 1.94 bits per heavy atom. The molecule has 1 aromatic rings. The van der Waals surface area contributed by atoms with Gasteiger partial charge in [-0.3, -0.25) is 0 Å². The Bertz CT molecular complexity index is 403. The van der Waals surface area contributed by atoms with Crippen LogP contribution < -0.4 is 10.6 Å². The summed E-state index contributed by atoms with van der Waals surface area (Å²) in [7, 11) is 0. The number of hydrogen-bond acceptors (Lipinski definition) is 3. The minimum Gasteiger partial charge on any atom is -0.397 e. The molecule has 3 nitrogen and oxygen atoms in total. The van der Waals surface area contributed by atoms with E-state index in [2.05, 4.69) is 16.7 Å². The predicted molar refractivity (Wildman–Crippen MR) is 70.1 cm³/mol. The van der Waals surface area contributed by atoms with Gasteiger partial charge < -0.3 is 15.5 Å². The highest BCUT2D eigenvalue weighted by Gasteiger charge is 2.18. The van der Waals surface area contributed by atoms with Crippen LogP contribution in [-0.4, -0.2) is 37.6 Å². The van der Waals surface area contributed by atoms with Gasteiger partial charge in [-0.1, -0.05) is 18.5 Å². The Morgan fingerprint density at radius 1 is 1.29 bits per heavy atom. The summed E-state index contributed by atoms with van der Waals surface area (Å²) in [4.78, 5) is 4.53. The van der Waals surface area contributed by atoms with Crippen molar-refractivity contribution in [1.82, 2.24) is 4.90 Å². The van der Waals surface area contributed by atoms with Gasteiger partial charge in [-0.15, -0.1) is 0 Å². The molecule has 1 aliphatic heterocycles.